The fourth-order valence-corrected chi connectivity index (χ4v) is 1.24. The van der Waals surface area contributed by atoms with Crippen molar-refractivity contribution in [3.63, 3.8) is 0 Å². The molecule has 0 saturated carbocycles. The molecule has 0 amide bonds. The Kier molecular flexibility index (Phi) is 1.67. The van der Waals surface area contributed by atoms with Crippen LogP contribution in [0.15, 0.2) is 39.9 Å². The maximum Gasteiger partial charge on any atom is 0.134 e. The number of hydrogen-bond donors (Lipinski definition) is 0. The molecule has 2 heteroatoms. The summed E-state index contributed by atoms with van der Waals surface area (Å²) in [5.41, 5.74) is 1.94. The average Bonchev–Trinajstić information content (AvgIpc) is 2.50. The number of fused-ring (bicyclic) bond motifs is 1. The number of furan rings is 1. The second-order valence-corrected chi connectivity index (χ2v) is 2.57. The van der Waals surface area contributed by atoms with Gasteiger partial charge in [0.2, 0.25) is 0 Å². The van der Waals surface area contributed by atoms with Crippen molar-refractivity contribution in [3.05, 3.63) is 36.1 Å². The van der Waals surface area contributed by atoms with Crippen molar-refractivity contribution in [1.82, 2.24) is 0 Å². The number of para-hydroxylation sites is 1. The first-order valence-electron chi connectivity index (χ1n) is 3.80. The second kappa shape index (κ2) is 2.81. The van der Waals surface area contributed by atoms with Crippen LogP contribution in [0.3, 0.4) is 0 Å². The lowest BCUT2D eigenvalue weighted by Crippen LogP contribution is -1.75. The number of rotatable bonds is 1. The Morgan fingerprint density at radius 3 is 3.00 bits per heavy atom. The highest BCUT2D eigenvalue weighted by Crippen LogP contribution is 2.18. The quantitative estimate of drug-likeness (QED) is 0.587. The number of hydrogen-bond acceptors (Lipinski definition) is 2. The van der Waals surface area contributed by atoms with Gasteiger partial charge in [0.1, 0.15) is 11.8 Å². The van der Waals surface area contributed by atoms with Crippen molar-refractivity contribution in [2.45, 2.75) is 0 Å². The van der Waals surface area contributed by atoms with Gasteiger partial charge in [-0.25, -0.2) is 0 Å². The van der Waals surface area contributed by atoms with Crippen molar-refractivity contribution in [3.8, 4) is 0 Å². The first kappa shape index (κ1) is 7.10. The molecule has 60 valence electrons. The summed E-state index contributed by atoms with van der Waals surface area (Å²) in [7, 11) is 1.75. The molecule has 2 aromatic rings. The molecule has 1 aromatic carbocycles. The average molecular weight is 159 g/mol. The van der Waals surface area contributed by atoms with Crippen molar-refractivity contribution >= 4 is 17.2 Å². The second-order valence-electron chi connectivity index (χ2n) is 2.57. The van der Waals surface area contributed by atoms with E-state index in [4.69, 9.17) is 4.42 Å². The first-order valence-corrected chi connectivity index (χ1v) is 3.80. The molecule has 12 heavy (non-hydrogen) atoms. The van der Waals surface area contributed by atoms with Crippen LogP contribution in [-0.4, -0.2) is 13.3 Å². The van der Waals surface area contributed by atoms with E-state index in [9.17, 15) is 0 Å². The van der Waals surface area contributed by atoms with Gasteiger partial charge in [0.05, 0.1) is 0 Å². The molecule has 2 rings (SSSR count). The first-order chi connectivity index (χ1) is 5.92. The van der Waals surface area contributed by atoms with Crippen molar-refractivity contribution < 1.29 is 4.42 Å². The SMILES string of the molecule is CN=Cc1coc2ccccc12. The topological polar surface area (TPSA) is 25.5 Å². The molecule has 0 bridgehead atoms. The molecule has 1 aromatic heterocycles. The minimum Gasteiger partial charge on any atom is -0.464 e. The molecule has 1 heterocycles. The Bertz CT molecular complexity index is 414. The highest BCUT2D eigenvalue weighted by atomic mass is 16.3. The predicted molar refractivity (Wildman–Crippen MR) is 49.7 cm³/mol. The van der Waals surface area contributed by atoms with Crippen LogP contribution >= 0.6 is 0 Å². The van der Waals surface area contributed by atoms with Crippen LogP contribution in [-0.2, 0) is 0 Å². The van der Waals surface area contributed by atoms with Gasteiger partial charge in [0.15, 0.2) is 0 Å². The van der Waals surface area contributed by atoms with Gasteiger partial charge in [-0.15, -0.1) is 0 Å². The fraction of sp³-hybridized carbons (Fsp3) is 0.100. The Labute approximate surface area is 70.5 Å². The molecule has 0 aliphatic heterocycles. The smallest absolute Gasteiger partial charge is 0.134 e. The molecule has 2 nitrogen and oxygen atoms in total. The van der Waals surface area contributed by atoms with Gasteiger partial charge in [0, 0.05) is 24.2 Å². The zero-order valence-electron chi connectivity index (χ0n) is 6.82. The highest BCUT2D eigenvalue weighted by molar-refractivity contribution is 5.97. The van der Waals surface area contributed by atoms with E-state index in [0.717, 1.165) is 16.5 Å². The van der Waals surface area contributed by atoms with Crippen LogP contribution in [0.4, 0.5) is 0 Å². The summed E-state index contributed by atoms with van der Waals surface area (Å²) < 4.78 is 5.31. The van der Waals surface area contributed by atoms with E-state index < -0.39 is 0 Å². The number of aliphatic imine (C=N–C) groups is 1. The molecule has 0 unspecified atom stereocenters. The summed E-state index contributed by atoms with van der Waals surface area (Å²) in [4.78, 5) is 3.94. The monoisotopic (exact) mass is 159 g/mol. The predicted octanol–water partition coefficient (Wildman–Crippen LogP) is 2.48. The number of benzene rings is 1. The highest BCUT2D eigenvalue weighted by Gasteiger charge is 2.00. The minimum absolute atomic E-state index is 0.910. The van der Waals surface area contributed by atoms with Crippen LogP contribution in [0.5, 0.6) is 0 Å². The van der Waals surface area contributed by atoms with Gasteiger partial charge in [-0.1, -0.05) is 18.2 Å². The summed E-state index contributed by atoms with van der Waals surface area (Å²) in [6.45, 7) is 0. The van der Waals surface area contributed by atoms with E-state index >= 15 is 0 Å². The standard InChI is InChI=1S/C10H9NO/c1-11-6-8-7-12-10-5-3-2-4-9(8)10/h2-7H,1H3. The Balaban J connectivity index is 2.70. The number of nitrogens with zero attached hydrogens (tertiary/aromatic N) is 1. The fourth-order valence-electron chi connectivity index (χ4n) is 1.24. The van der Waals surface area contributed by atoms with Crippen LogP contribution in [0.25, 0.3) is 11.0 Å². The van der Waals surface area contributed by atoms with Crippen LogP contribution in [0.1, 0.15) is 5.56 Å². The van der Waals surface area contributed by atoms with E-state index in [2.05, 4.69) is 4.99 Å². The summed E-state index contributed by atoms with van der Waals surface area (Å²) in [5.74, 6) is 0. The lowest BCUT2D eigenvalue weighted by Gasteiger charge is -1.86. The van der Waals surface area contributed by atoms with Gasteiger partial charge < -0.3 is 4.42 Å². The molecule has 0 N–H and O–H groups in total. The molecule has 0 saturated heterocycles. The van der Waals surface area contributed by atoms with Gasteiger partial charge in [-0.05, 0) is 6.07 Å². The van der Waals surface area contributed by atoms with E-state index in [1.54, 1.807) is 19.5 Å². The molecular weight excluding hydrogens is 150 g/mol. The lowest BCUT2D eigenvalue weighted by molar-refractivity contribution is 0.615. The van der Waals surface area contributed by atoms with Crippen molar-refractivity contribution in [2.24, 2.45) is 4.99 Å². The van der Waals surface area contributed by atoms with E-state index in [1.165, 1.54) is 0 Å². The normalized spacial score (nSPS) is 11.4. The van der Waals surface area contributed by atoms with Crippen LogP contribution in [0.2, 0.25) is 0 Å². The Morgan fingerprint density at radius 2 is 2.17 bits per heavy atom. The molecular formula is C10H9NO. The third kappa shape index (κ3) is 1.01. The summed E-state index contributed by atoms with van der Waals surface area (Å²) >= 11 is 0. The Hall–Kier alpha value is -1.57. The Morgan fingerprint density at radius 1 is 1.33 bits per heavy atom. The maximum absolute atomic E-state index is 5.31. The maximum atomic E-state index is 5.31. The summed E-state index contributed by atoms with van der Waals surface area (Å²) in [6.07, 6.45) is 3.52. The van der Waals surface area contributed by atoms with Crippen molar-refractivity contribution in [2.75, 3.05) is 7.05 Å². The summed E-state index contributed by atoms with van der Waals surface area (Å²) in [5, 5.41) is 1.11. The molecule has 0 aliphatic rings. The van der Waals surface area contributed by atoms with Gasteiger partial charge >= 0.3 is 0 Å². The zero-order valence-corrected chi connectivity index (χ0v) is 6.82. The van der Waals surface area contributed by atoms with Crippen LogP contribution in [0, 0.1) is 0 Å². The third-order valence-corrected chi connectivity index (χ3v) is 1.78. The van der Waals surface area contributed by atoms with Crippen LogP contribution < -0.4 is 0 Å². The third-order valence-electron chi connectivity index (χ3n) is 1.78. The molecule has 0 radical (unpaired) electrons. The molecule has 0 fully saturated rings. The van der Waals surface area contributed by atoms with Crippen molar-refractivity contribution in [1.29, 1.82) is 0 Å². The zero-order chi connectivity index (χ0) is 8.39. The molecule has 0 aliphatic carbocycles. The summed E-state index contributed by atoms with van der Waals surface area (Å²) in [6, 6.07) is 7.92. The van der Waals surface area contributed by atoms with E-state index in [1.807, 2.05) is 24.3 Å². The van der Waals surface area contributed by atoms with E-state index in [0.29, 0.717) is 0 Å². The molecule has 0 spiro atoms. The molecule has 0 atom stereocenters. The van der Waals surface area contributed by atoms with Gasteiger partial charge in [0.25, 0.3) is 0 Å². The van der Waals surface area contributed by atoms with Gasteiger partial charge in [-0.3, -0.25) is 4.99 Å². The lowest BCUT2D eigenvalue weighted by atomic mass is 10.2. The minimum atomic E-state index is 0.910. The van der Waals surface area contributed by atoms with Gasteiger partial charge in [-0.2, -0.15) is 0 Å². The van der Waals surface area contributed by atoms with E-state index in [-0.39, 0.29) is 0 Å². The largest absolute Gasteiger partial charge is 0.464 e.